The smallest absolute Gasteiger partial charge is 0.315 e. The molecule has 0 spiro atoms. The van der Waals surface area contributed by atoms with E-state index in [2.05, 4.69) is 66.0 Å². The molecule has 5 aliphatic heterocycles. The number of hydrogen-bond acceptors (Lipinski definition) is 14. The molecule has 82 heavy (non-hydrogen) atoms. The van der Waals surface area contributed by atoms with Gasteiger partial charge in [0.15, 0.2) is 0 Å². The molecule has 0 unspecified atom stereocenters. The molecule has 448 valence electrons. The Balaban J connectivity index is 0.576. The van der Waals surface area contributed by atoms with Gasteiger partial charge in [-0.05, 0) is 74.8 Å². The normalized spacial score (nSPS) is 20.2. The second-order valence-electron chi connectivity index (χ2n) is 22.0. The summed E-state index contributed by atoms with van der Waals surface area (Å²) in [4.78, 5) is 81.3. The molecule has 2 aromatic carbocycles. The first-order valence-corrected chi connectivity index (χ1v) is 31.0. The number of carbonyl (C=O) groups excluding carboxylic acids is 6. The van der Waals surface area contributed by atoms with E-state index in [-0.39, 0.29) is 47.8 Å². The van der Waals surface area contributed by atoms with E-state index in [1.807, 2.05) is 57.8 Å². The van der Waals surface area contributed by atoms with Crippen molar-refractivity contribution in [2.75, 3.05) is 129 Å². The minimum absolute atomic E-state index is 0.0386. The van der Waals surface area contributed by atoms with Gasteiger partial charge in [-0.25, -0.2) is 9.48 Å². The number of nitrogens with zero attached hydrogens (tertiary/aromatic N) is 5. The number of primary amides is 1. The molecule has 4 saturated heterocycles. The van der Waals surface area contributed by atoms with Crippen molar-refractivity contribution < 1.29 is 43.0 Å². The molecule has 7 amide bonds. The fourth-order valence-corrected chi connectivity index (χ4v) is 13.1. The van der Waals surface area contributed by atoms with Gasteiger partial charge in [-0.15, -0.1) is 0 Å². The number of urea groups is 1. The second kappa shape index (κ2) is 33.3. The summed E-state index contributed by atoms with van der Waals surface area (Å²) >= 11 is 1.90. The number of aromatic nitrogens is 2. The molecule has 22 heteroatoms. The van der Waals surface area contributed by atoms with Gasteiger partial charge in [0.1, 0.15) is 17.1 Å². The summed E-state index contributed by atoms with van der Waals surface area (Å²) in [7, 11) is 0. The lowest BCUT2D eigenvalue weighted by Gasteiger charge is -2.38. The number of unbranched alkanes of at least 4 members (excludes halogenated alkanes) is 1. The Kier molecular flexibility index (Phi) is 25.2. The average molecular weight is 1150 g/mol. The lowest BCUT2D eigenvalue weighted by atomic mass is 9.87. The molecule has 0 bridgehead atoms. The van der Waals surface area contributed by atoms with Gasteiger partial charge in [-0.2, -0.15) is 16.9 Å². The summed E-state index contributed by atoms with van der Waals surface area (Å²) in [6.45, 7) is 11.6. The van der Waals surface area contributed by atoms with Crippen LogP contribution in [0.3, 0.4) is 0 Å². The maximum absolute atomic E-state index is 13.3. The molecule has 0 aliphatic carbocycles. The van der Waals surface area contributed by atoms with Gasteiger partial charge in [0.05, 0.1) is 44.6 Å². The van der Waals surface area contributed by atoms with E-state index in [1.165, 1.54) is 11.1 Å². The van der Waals surface area contributed by atoms with Gasteiger partial charge in [-0.1, -0.05) is 67.1 Å². The van der Waals surface area contributed by atoms with Gasteiger partial charge in [0.2, 0.25) is 23.6 Å². The van der Waals surface area contributed by atoms with Crippen molar-refractivity contribution in [2.24, 2.45) is 11.7 Å². The lowest BCUT2D eigenvalue weighted by molar-refractivity contribution is -0.127. The maximum atomic E-state index is 13.3. The van der Waals surface area contributed by atoms with Crippen molar-refractivity contribution in [2.45, 2.75) is 107 Å². The molecule has 1 aromatic heterocycles. The first-order valence-electron chi connectivity index (χ1n) is 30.0. The maximum Gasteiger partial charge on any atom is 0.315 e. The molecule has 21 nitrogen and oxygen atoms in total. The molecule has 4 atom stereocenters. The van der Waals surface area contributed by atoms with Crippen LogP contribution in [0.25, 0.3) is 11.3 Å². The molecule has 0 saturated carbocycles. The molecule has 5 aliphatic rings. The fraction of sp³-hybridized carbons (Fsp3) is 0.617. The van der Waals surface area contributed by atoms with Gasteiger partial charge < -0.3 is 56.7 Å². The SMILES string of the molecule is NC(=O)c1c(-c2ccc(Cc3ccccc3)cc2)nn2c1NCC[C@H]2C1CCN(C(=O)/C=C/CN2CCN(CCNC(=O)CCCC(=O)NCCCOCCOCCOCCCNC(=O)CCCC[C@H]3SC[C@H]4NC(=O)N[C@H]43)CC2)CC1. The largest absolute Gasteiger partial charge is 0.379 e. The van der Waals surface area contributed by atoms with Crippen molar-refractivity contribution in [1.82, 2.24) is 51.1 Å². The molecule has 8 N–H and O–H groups in total. The van der Waals surface area contributed by atoms with E-state index in [1.54, 1.807) is 6.08 Å². The molecule has 8 rings (SSSR count). The highest BCUT2D eigenvalue weighted by molar-refractivity contribution is 8.00. The van der Waals surface area contributed by atoms with Crippen LogP contribution in [0, 0.1) is 5.92 Å². The van der Waals surface area contributed by atoms with Crippen molar-refractivity contribution in [3.8, 4) is 11.3 Å². The zero-order chi connectivity index (χ0) is 57.3. The van der Waals surface area contributed by atoms with E-state index in [4.69, 9.17) is 25.0 Å². The highest BCUT2D eigenvalue weighted by Gasteiger charge is 2.42. The summed E-state index contributed by atoms with van der Waals surface area (Å²) in [6.07, 6.45) is 13.0. The number of amides is 7. The van der Waals surface area contributed by atoms with Gasteiger partial charge >= 0.3 is 6.03 Å². The van der Waals surface area contributed by atoms with Gasteiger partial charge in [0, 0.05) is 134 Å². The van der Waals surface area contributed by atoms with Crippen LogP contribution in [0.1, 0.15) is 105 Å². The average Bonchev–Trinajstić information content (AvgIpc) is 3.83. The van der Waals surface area contributed by atoms with Crippen molar-refractivity contribution >= 4 is 53.1 Å². The minimum atomic E-state index is -0.499. The van der Waals surface area contributed by atoms with Crippen LogP contribution in [0.5, 0.6) is 0 Å². The van der Waals surface area contributed by atoms with Crippen molar-refractivity contribution in [3.05, 3.63) is 83.4 Å². The third kappa shape index (κ3) is 19.5. The number of fused-ring (bicyclic) bond motifs is 2. The van der Waals surface area contributed by atoms with Gasteiger partial charge in [0.25, 0.3) is 5.91 Å². The van der Waals surface area contributed by atoms with Crippen LogP contribution in [0.15, 0.2) is 66.7 Å². The third-order valence-corrected chi connectivity index (χ3v) is 17.6. The number of anilines is 1. The third-order valence-electron chi connectivity index (χ3n) is 16.1. The van der Waals surface area contributed by atoms with E-state index in [0.717, 1.165) is 102 Å². The Labute approximate surface area is 487 Å². The van der Waals surface area contributed by atoms with Crippen LogP contribution in [-0.2, 0) is 39.8 Å². The highest BCUT2D eigenvalue weighted by Crippen LogP contribution is 2.40. The Morgan fingerprint density at radius 1 is 0.695 bits per heavy atom. The predicted octanol–water partition coefficient (Wildman–Crippen LogP) is 4.08. The Morgan fingerprint density at radius 2 is 1.32 bits per heavy atom. The molecular formula is C60H88N12O9S. The van der Waals surface area contributed by atoms with Crippen LogP contribution in [0.4, 0.5) is 10.6 Å². The molecular weight excluding hydrogens is 1060 g/mol. The van der Waals surface area contributed by atoms with Crippen molar-refractivity contribution in [1.29, 1.82) is 0 Å². The molecule has 6 heterocycles. The summed E-state index contributed by atoms with van der Waals surface area (Å²) in [5.41, 5.74) is 10.3. The Hall–Kier alpha value is -6.04. The zero-order valence-corrected chi connectivity index (χ0v) is 48.6. The summed E-state index contributed by atoms with van der Waals surface area (Å²) in [6, 6.07) is 19.0. The van der Waals surface area contributed by atoms with E-state index in [0.29, 0.717) is 139 Å². The number of ether oxygens (including phenoxy) is 3. The molecule has 3 aromatic rings. The summed E-state index contributed by atoms with van der Waals surface area (Å²) in [5, 5.41) is 23.7. The quantitative estimate of drug-likeness (QED) is 0.0253. The number of nitrogens with one attached hydrogen (secondary N) is 6. The zero-order valence-electron chi connectivity index (χ0n) is 47.8. The number of nitrogens with two attached hydrogens (primary N) is 1. The molecule has 0 radical (unpaired) electrons. The Bertz CT molecular complexity index is 2540. The van der Waals surface area contributed by atoms with Crippen LogP contribution in [-0.4, -0.2) is 201 Å². The van der Waals surface area contributed by atoms with Crippen LogP contribution in [0.2, 0.25) is 0 Å². The summed E-state index contributed by atoms with van der Waals surface area (Å²) < 4.78 is 18.8. The fourth-order valence-electron chi connectivity index (χ4n) is 11.5. The first kappa shape index (κ1) is 62.0. The number of hydrogen-bond donors (Lipinski definition) is 7. The molecule has 4 fully saturated rings. The lowest BCUT2D eigenvalue weighted by Crippen LogP contribution is -2.48. The highest BCUT2D eigenvalue weighted by atomic mass is 32.2. The van der Waals surface area contributed by atoms with E-state index >= 15 is 0 Å². The first-order chi connectivity index (χ1) is 40.1. The van der Waals surface area contributed by atoms with E-state index in [9.17, 15) is 28.8 Å². The van der Waals surface area contributed by atoms with Crippen molar-refractivity contribution in [3.63, 3.8) is 0 Å². The minimum Gasteiger partial charge on any atom is -0.379 e. The topological polar surface area (TPSA) is 256 Å². The second-order valence-corrected chi connectivity index (χ2v) is 23.3. The number of benzene rings is 2. The summed E-state index contributed by atoms with van der Waals surface area (Å²) in [5.74, 6) is 1.43. The van der Waals surface area contributed by atoms with E-state index < -0.39 is 5.91 Å². The van der Waals surface area contributed by atoms with Gasteiger partial charge in [-0.3, -0.25) is 33.8 Å². The van der Waals surface area contributed by atoms with Crippen LogP contribution < -0.4 is 37.6 Å². The number of rotatable bonds is 34. The standard InChI is InChI=1S/C60H88N12O9S/c61-58(77)55-56(47-19-17-45(18-20-47)42-44-10-2-1-3-11-44)68-72-49(21-26-65-59(55)72)46-22-29-71(30-23-46)54(76)16-7-28-69-32-34-70(35-33-69)31-27-64-53(75)15-6-14-52(74)63-25-9-37-80-39-41-81-40-38-79-36-8-24-62-51(73)13-5-4-12-50-57-48(43-82-50)66-60(78)67-57/h1-3,7,10-11,16-20,46,48-50,57,65H,4-6,8-9,12-15,21-43H2,(H2,61,77)(H,62,73)(H,63,74)(H,64,75)(H2,66,67,78)/b16-7+/t48-,49+,50-,57-/m1/s1. The number of carbonyl (C=O) groups is 6. The Morgan fingerprint density at radius 3 is 1.99 bits per heavy atom. The number of piperidine rings is 1. The number of thioether (sulfide) groups is 1. The predicted molar refractivity (Wildman–Crippen MR) is 317 cm³/mol. The number of likely N-dealkylation sites (tertiary alicyclic amines) is 1. The number of piperazine rings is 1. The van der Waals surface area contributed by atoms with Crippen LogP contribution >= 0.6 is 11.8 Å². The monoisotopic (exact) mass is 1150 g/mol.